The standard InChI is InChI=1S/C17H25NO/c1-2-10-18-16(7-5-13-3-4-13)14-6-8-17-15(12-14)9-11-19-17/h6,8,12-13,16,18H,2-5,7,9-11H2,1H3. The third-order valence-corrected chi connectivity index (χ3v) is 4.32. The van der Waals surface area contributed by atoms with Gasteiger partial charge in [-0.1, -0.05) is 31.9 Å². The normalized spacial score (nSPS) is 19.0. The minimum absolute atomic E-state index is 0.534. The lowest BCUT2D eigenvalue weighted by molar-refractivity contribution is 0.356. The molecule has 104 valence electrons. The summed E-state index contributed by atoms with van der Waals surface area (Å²) in [7, 11) is 0. The first kappa shape index (κ1) is 13.0. The van der Waals surface area contributed by atoms with Crippen molar-refractivity contribution in [1.29, 1.82) is 0 Å². The zero-order chi connectivity index (χ0) is 13.1. The van der Waals surface area contributed by atoms with Crippen LogP contribution in [0.4, 0.5) is 0 Å². The van der Waals surface area contributed by atoms with E-state index >= 15 is 0 Å². The van der Waals surface area contributed by atoms with E-state index in [9.17, 15) is 0 Å². The van der Waals surface area contributed by atoms with Gasteiger partial charge >= 0.3 is 0 Å². The van der Waals surface area contributed by atoms with Crippen LogP contribution in [0.2, 0.25) is 0 Å². The van der Waals surface area contributed by atoms with Crippen LogP contribution in [0.1, 0.15) is 56.2 Å². The summed E-state index contributed by atoms with van der Waals surface area (Å²) >= 11 is 0. The minimum atomic E-state index is 0.534. The van der Waals surface area contributed by atoms with Gasteiger partial charge in [0.1, 0.15) is 5.75 Å². The maximum atomic E-state index is 5.60. The molecule has 1 atom stereocenters. The number of ether oxygens (including phenoxy) is 1. The molecule has 1 aromatic rings. The van der Waals surface area contributed by atoms with Crippen LogP contribution in [0, 0.1) is 5.92 Å². The van der Waals surface area contributed by atoms with Gasteiger partial charge in [0.15, 0.2) is 0 Å². The van der Waals surface area contributed by atoms with E-state index in [0.717, 1.165) is 31.2 Å². The van der Waals surface area contributed by atoms with Crippen molar-refractivity contribution in [3.63, 3.8) is 0 Å². The zero-order valence-electron chi connectivity index (χ0n) is 12.0. The Morgan fingerprint density at radius 1 is 1.37 bits per heavy atom. The molecule has 1 aliphatic heterocycles. The molecule has 0 saturated heterocycles. The maximum Gasteiger partial charge on any atom is 0.122 e. The van der Waals surface area contributed by atoms with Crippen molar-refractivity contribution in [2.45, 2.75) is 51.5 Å². The van der Waals surface area contributed by atoms with Crippen molar-refractivity contribution in [3.8, 4) is 5.75 Å². The molecule has 0 amide bonds. The number of benzene rings is 1. The van der Waals surface area contributed by atoms with Crippen LogP contribution in [0.3, 0.4) is 0 Å². The molecule has 3 rings (SSSR count). The summed E-state index contributed by atoms with van der Waals surface area (Å²) in [5.41, 5.74) is 2.85. The molecule has 1 N–H and O–H groups in total. The first-order valence-electron chi connectivity index (χ1n) is 7.86. The lowest BCUT2D eigenvalue weighted by atomic mass is 9.97. The molecule has 1 aliphatic carbocycles. The van der Waals surface area contributed by atoms with Gasteiger partial charge < -0.3 is 10.1 Å². The second-order valence-electron chi connectivity index (χ2n) is 5.99. The Bertz CT molecular complexity index is 425. The number of hydrogen-bond acceptors (Lipinski definition) is 2. The SMILES string of the molecule is CCCNC(CCC1CC1)c1ccc2c(c1)CCO2. The maximum absolute atomic E-state index is 5.60. The topological polar surface area (TPSA) is 21.3 Å². The summed E-state index contributed by atoms with van der Waals surface area (Å²) in [6.07, 6.45) is 7.86. The van der Waals surface area contributed by atoms with Crippen molar-refractivity contribution in [3.05, 3.63) is 29.3 Å². The molecular formula is C17H25NO. The first-order valence-corrected chi connectivity index (χ1v) is 7.86. The van der Waals surface area contributed by atoms with Crippen LogP contribution in [0.15, 0.2) is 18.2 Å². The predicted molar refractivity (Wildman–Crippen MR) is 78.6 cm³/mol. The molecule has 0 bridgehead atoms. The Morgan fingerprint density at radius 3 is 3.05 bits per heavy atom. The Labute approximate surface area is 116 Å². The molecular weight excluding hydrogens is 234 g/mol. The smallest absolute Gasteiger partial charge is 0.122 e. The Kier molecular flexibility index (Phi) is 4.07. The van der Waals surface area contributed by atoms with Crippen molar-refractivity contribution in [1.82, 2.24) is 5.32 Å². The number of fused-ring (bicyclic) bond motifs is 1. The van der Waals surface area contributed by atoms with Gasteiger partial charge in [0.2, 0.25) is 0 Å². The van der Waals surface area contributed by atoms with Crippen LogP contribution < -0.4 is 10.1 Å². The molecule has 0 spiro atoms. The molecule has 1 aromatic carbocycles. The summed E-state index contributed by atoms with van der Waals surface area (Å²) in [4.78, 5) is 0. The summed E-state index contributed by atoms with van der Waals surface area (Å²) in [6, 6.07) is 7.31. The van der Waals surface area contributed by atoms with E-state index in [0.29, 0.717) is 6.04 Å². The second-order valence-corrected chi connectivity index (χ2v) is 5.99. The Morgan fingerprint density at radius 2 is 2.26 bits per heavy atom. The summed E-state index contributed by atoms with van der Waals surface area (Å²) in [5, 5.41) is 3.72. The highest BCUT2D eigenvalue weighted by Gasteiger charge is 2.23. The van der Waals surface area contributed by atoms with Gasteiger partial charge in [-0.15, -0.1) is 0 Å². The molecule has 1 unspecified atom stereocenters. The van der Waals surface area contributed by atoms with Crippen LogP contribution in [-0.2, 0) is 6.42 Å². The highest BCUT2D eigenvalue weighted by molar-refractivity contribution is 5.40. The van der Waals surface area contributed by atoms with Gasteiger partial charge in [-0.2, -0.15) is 0 Å². The zero-order valence-corrected chi connectivity index (χ0v) is 12.0. The van der Waals surface area contributed by atoms with Gasteiger partial charge in [0.25, 0.3) is 0 Å². The molecule has 2 aliphatic rings. The Hall–Kier alpha value is -1.02. The monoisotopic (exact) mass is 259 g/mol. The van der Waals surface area contributed by atoms with Gasteiger partial charge in [0.05, 0.1) is 6.61 Å². The Balaban J connectivity index is 1.69. The molecule has 2 heteroatoms. The number of rotatable bonds is 7. The lowest BCUT2D eigenvalue weighted by Crippen LogP contribution is -2.22. The average Bonchev–Trinajstić information content (AvgIpc) is 3.14. The largest absolute Gasteiger partial charge is 0.493 e. The molecule has 1 heterocycles. The molecule has 1 fully saturated rings. The van der Waals surface area contributed by atoms with Gasteiger partial charge in [-0.3, -0.25) is 0 Å². The molecule has 0 aromatic heterocycles. The van der Waals surface area contributed by atoms with E-state index in [1.807, 2.05) is 0 Å². The van der Waals surface area contributed by atoms with E-state index in [2.05, 4.69) is 30.4 Å². The van der Waals surface area contributed by atoms with E-state index in [4.69, 9.17) is 4.74 Å². The van der Waals surface area contributed by atoms with E-state index < -0.39 is 0 Å². The quantitative estimate of drug-likeness (QED) is 0.803. The van der Waals surface area contributed by atoms with Crippen molar-refractivity contribution >= 4 is 0 Å². The van der Waals surface area contributed by atoms with Gasteiger partial charge in [-0.05, 0) is 48.9 Å². The van der Waals surface area contributed by atoms with Crippen LogP contribution in [0.5, 0.6) is 5.75 Å². The van der Waals surface area contributed by atoms with E-state index in [1.165, 1.54) is 43.2 Å². The van der Waals surface area contributed by atoms with E-state index in [1.54, 1.807) is 0 Å². The summed E-state index contributed by atoms with van der Waals surface area (Å²) in [5.74, 6) is 2.11. The second kappa shape index (κ2) is 5.96. The molecule has 1 saturated carbocycles. The predicted octanol–water partition coefficient (Wildman–Crippen LogP) is 3.85. The highest BCUT2D eigenvalue weighted by Crippen LogP contribution is 2.36. The van der Waals surface area contributed by atoms with Crippen LogP contribution >= 0.6 is 0 Å². The molecule has 0 radical (unpaired) electrons. The van der Waals surface area contributed by atoms with E-state index in [-0.39, 0.29) is 0 Å². The summed E-state index contributed by atoms with van der Waals surface area (Å²) < 4.78 is 5.60. The minimum Gasteiger partial charge on any atom is -0.493 e. The third kappa shape index (κ3) is 3.30. The van der Waals surface area contributed by atoms with Crippen LogP contribution in [0.25, 0.3) is 0 Å². The number of nitrogens with one attached hydrogen (secondary N) is 1. The van der Waals surface area contributed by atoms with Crippen molar-refractivity contribution in [2.75, 3.05) is 13.2 Å². The van der Waals surface area contributed by atoms with Gasteiger partial charge in [0, 0.05) is 12.5 Å². The molecule has 19 heavy (non-hydrogen) atoms. The third-order valence-electron chi connectivity index (χ3n) is 4.32. The van der Waals surface area contributed by atoms with Crippen molar-refractivity contribution in [2.24, 2.45) is 5.92 Å². The first-order chi connectivity index (χ1) is 9.36. The van der Waals surface area contributed by atoms with Crippen molar-refractivity contribution < 1.29 is 4.74 Å². The average molecular weight is 259 g/mol. The lowest BCUT2D eigenvalue weighted by Gasteiger charge is -2.19. The fourth-order valence-electron chi connectivity index (χ4n) is 2.94. The fourth-order valence-corrected chi connectivity index (χ4v) is 2.94. The summed E-state index contributed by atoms with van der Waals surface area (Å²) in [6.45, 7) is 4.21. The van der Waals surface area contributed by atoms with Crippen LogP contribution in [-0.4, -0.2) is 13.2 Å². The fraction of sp³-hybridized carbons (Fsp3) is 0.647. The number of hydrogen-bond donors (Lipinski definition) is 1. The highest BCUT2D eigenvalue weighted by atomic mass is 16.5. The van der Waals surface area contributed by atoms with Gasteiger partial charge in [-0.25, -0.2) is 0 Å². The molecule has 2 nitrogen and oxygen atoms in total.